The molecule has 0 saturated heterocycles. The summed E-state index contributed by atoms with van der Waals surface area (Å²) in [4.78, 5) is 12.0. The SMILES string of the molecule is C[C@H](Nc1ccc(Cl)cc1)C(=O)Nc1ccccc1F. The normalized spacial score (nSPS) is 11.8. The third-order valence-corrected chi connectivity index (χ3v) is 3.00. The van der Waals surface area contributed by atoms with Gasteiger partial charge in [-0.1, -0.05) is 23.7 Å². The Kier molecular flexibility index (Phi) is 4.58. The van der Waals surface area contributed by atoms with Crippen LogP contribution in [0.2, 0.25) is 5.02 Å². The van der Waals surface area contributed by atoms with E-state index in [1.165, 1.54) is 12.1 Å². The number of para-hydroxylation sites is 1. The monoisotopic (exact) mass is 292 g/mol. The van der Waals surface area contributed by atoms with Crippen molar-refractivity contribution < 1.29 is 9.18 Å². The predicted molar refractivity (Wildman–Crippen MR) is 79.6 cm³/mol. The molecule has 5 heteroatoms. The highest BCUT2D eigenvalue weighted by Gasteiger charge is 2.14. The lowest BCUT2D eigenvalue weighted by Crippen LogP contribution is -2.32. The maximum atomic E-state index is 13.4. The van der Waals surface area contributed by atoms with Crippen molar-refractivity contribution in [3.63, 3.8) is 0 Å². The third-order valence-electron chi connectivity index (χ3n) is 2.75. The molecule has 20 heavy (non-hydrogen) atoms. The van der Waals surface area contributed by atoms with Crippen molar-refractivity contribution in [2.24, 2.45) is 0 Å². The minimum Gasteiger partial charge on any atom is -0.374 e. The molecule has 0 radical (unpaired) electrons. The highest BCUT2D eigenvalue weighted by atomic mass is 35.5. The Morgan fingerprint density at radius 1 is 1.15 bits per heavy atom. The van der Waals surface area contributed by atoms with Crippen LogP contribution in [0, 0.1) is 5.82 Å². The summed E-state index contributed by atoms with van der Waals surface area (Å²) in [5.41, 5.74) is 0.938. The van der Waals surface area contributed by atoms with Crippen LogP contribution in [-0.2, 0) is 4.79 Å². The predicted octanol–water partition coefficient (Wildman–Crippen LogP) is 3.92. The van der Waals surface area contributed by atoms with Crippen LogP contribution < -0.4 is 10.6 Å². The van der Waals surface area contributed by atoms with Crippen LogP contribution in [0.1, 0.15) is 6.92 Å². The van der Waals surface area contributed by atoms with Crippen molar-refractivity contribution in [2.45, 2.75) is 13.0 Å². The van der Waals surface area contributed by atoms with Gasteiger partial charge in [0.05, 0.1) is 5.69 Å². The summed E-state index contributed by atoms with van der Waals surface area (Å²) in [5, 5.41) is 6.18. The van der Waals surface area contributed by atoms with E-state index in [2.05, 4.69) is 10.6 Å². The average Bonchev–Trinajstić information content (AvgIpc) is 2.44. The van der Waals surface area contributed by atoms with Gasteiger partial charge in [-0.05, 0) is 43.3 Å². The number of rotatable bonds is 4. The number of carbonyl (C=O) groups is 1. The molecule has 0 fully saturated rings. The Hall–Kier alpha value is -2.07. The molecule has 2 aromatic carbocycles. The number of nitrogens with one attached hydrogen (secondary N) is 2. The number of amides is 1. The minimum atomic E-state index is -0.504. The molecule has 0 spiro atoms. The quantitative estimate of drug-likeness (QED) is 0.897. The van der Waals surface area contributed by atoms with Gasteiger partial charge in [-0.2, -0.15) is 0 Å². The molecule has 0 saturated carbocycles. The van der Waals surface area contributed by atoms with Crippen molar-refractivity contribution in [1.82, 2.24) is 0 Å². The lowest BCUT2D eigenvalue weighted by Gasteiger charge is -2.15. The lowest BCUT2D eigenvalue weighted by molar-refractivity contribution is -0.116. The van der Waals surface area contributed by atoms with E-state index < -0.39 is 11.9 Å². The van der Waals surface area contributed by atoms with Crippen molar-refractivity contribution >= 4 is 28.9 Å². The molecule has 0 aliphatic rings. The molecule has 0 heterocycles. The van der Waals surface area contributed by atoms with Crippen LogP contribution in [0.4, 0.5) is 15.8 Å². The Bertz CT molecular complexity index is 601. The van der Waals surface area contributed by atoms with E-state index in [9.17, 15) is 9.18 Å². The molecule has 0 unspecified atom stereocenters. The van der Waals surface area contributed by atoms with E-state index in [1.807, 2.05) is 0 Å². The summed E-state index contributed by atoms with van der Waals surface area (Å²) in [6.07, 6.45) is 0. The second kappa shape index (κ2) is 6.39. The van der Waals surface area contributed by atoms with Gasteiger partial charge < -0.3 is 10.6 Å². The Morgan fingerprint density at radius 2 is 1.80 bits per heavy atom. The summed E-state index contributed by atoms with van der Waals surface area (Å²) in [7, 11) is 0. The average molecular weight is 293 g/mol. The fourth-order valence-electron chi connectivity index (χ4n) is 1.67. The zero-order valence-corrected chi connectivity index (χ0v) is 11.6. The summed E-state index contributed by atoms with van der Waals surface area (Å²) in [5.74, 6) is -0.774. The molecule has 1 atom stereocenters. The van der Waals surface area contributed by atoms with Gasteiger partial charge in [0, 0.05) is 10.7 Å². The van der Waals surface area contributed by atoms with Gasteiger partial charge in [0.2, 0.25) is 5.91 Å². The maximum Gasteiger partial charge on any atom is 0.246 e. The molecular formula is C15H14ClFN2O. The van der Waals surface area contributed by atoms with Gasteiger partial charge in [-0.15, -0.1) is 0 Å². The molecular weight excluding hydrogens is 279 g/mol. The Labute approximate surface area is 121 Å². The van der Waals surface area contributed by atoms with Crippen molar-refractivity contribution in [1.29, 1.82) is 0 Å². The largest absolute Gasteiger partial charge is 0.374 e. The smallest absolute Gasteiger partial charge is 0.246 e. The van der Waals surface area contributed by atoms with E-state index in [4.69, 9.17) is 11.6 Å². The minimum absolute atomic E-state index is 0.169. The molecule has 2 N–H and O–H groups in total. The highest BCUT2D eigenvalue weighted by Crippen LogP contribution is 2.16. The maximum absolute atomic E-state index is 13.4. The number of hydrogen-bond donors (Lipinski definition) is 2. The summed E-state index contributed by atoms with van der Waals surface area (Å²) in [6, 6.07) is 12.5. The van der Waals surface area contributed by atoms with E-state index in [-0.39, 0.29) is 11.6 Å². The molecule has 0 aromatic heterocycles. The number of anilines is 2. The van der Waals surface area contributed by atoms with Gasteiger partial charge in [0.15, 0.2) is 0 Å². The van der Waals surface area contributed by atoms with Crippen LogP contribution in [0.5, 0.6) is 0 Å². The van der Waals surface area contributed by atoms with Crippen molar-refractivity contribution in [3.05, 3.63) is 59.4 Å². The van der Waals surface area contributed by atoms with Crippen LogP contribution in [0.25, 0.3) is 0 Å². The van der Waals surface area contributed by atoms with E-state index >= 15 is 0 Å². The van der Waals surface area contributed by atoms with Crippen LogP contribution in [0.3, 0.4) is 0 Å². The number of hydrogen-bond acceptors (Lipinski definition) is 2. The van der Waals surface area contributed by atoms with Gasteiger partial charge in [0.1, 0.15) is 11.9 Å². The first-order valence-corrected chi connectivity index (χ1v) is 6.51. The first-order valence-electron chi connectivity index (χ1n) is 6.14. The molecule has 0 bridgehead atoms. The lowest BCUT2D eigenvalue weighted by atomic mass is 10.2. The number of halogens is 2. The topological polar surface area (TPSA) is 41.1 Å². The van der Waals surface area contributed by atoms with Crippen LogP contribution in [0.15, 0.2) is 48.5 Å². The summed E-state index contributed by atoms with van der Waals surface area (Å²) < 4.78 is 13.4. The molecule has 104 valence electrons. The first kappa shape index (κ1) is 14.3. The van der Waals surface area contributed by atoms with Gasteiger partial charge in [0.25, 0.3) is 0 Å². The summed E-state index contributed by atoms with van der Waals surface area (Å²) >= 11 is 5.79. The molecule has 3 nitrogen and oxygen atoms in total. The van der Waals surface area contributed by atoms with Crippen molar-refractivity contribution in [3.8, 4) is 0 Å². The van der Waals surface area contributed by atoms with Gasteiger partial charge in [-0.25, -0.2) is 4.39 Å². The molecule has 1 amide bonds. The van der Waals surface area contributed by atoms with Crippen LogP contribution in [-0.4, -0.2) is 11.9 Å². The van der Waals surface area contributed by atoms with E-state index in [1.54, 1.807) is 43.3 Å². The third kappa shape index (κ3) is 3.71. The fourth-order valence-corrected chi connectivity index (χ4v) is 1.79. The summed E-state index contributed by atoms with van der Waals surface area (Å²) in [6.45, 7) is 1.70. The van der Waals surface area contributed by atoms with E-state index in [0.29, 0.717) is 5.02 Å². The van der Waals surface area contributed by atoms with Gasteiger partial charge >= 0.3 is 0 Å². The first-order chi connectivity index (χ1) is 9.56. The van der Waals surface area contributed by atoms with Crippen LogP contribution >= 0.6 is 11.6 Å². The zero-order chi connectivity index (χ0) is 14.5. The standard InChI is InChI=1S/C15H14ClFN2O/c1-10(18-12-8-6-11(16)7-9-12)15(20)19-14-5-3-2-4-13(14)17/h2-10,18H,1H3,(H,19,20)/t10-/m0/s1. The highest BCUT2D eigenvalue weighted by molar-refractivity contribution is 6.30. The molecule has 2 aromatic rings. The van der Waals surface area contributed by atoms with Gasteiger partial charge in [-0.3, -0.25) is 4.79 Å². The zero-order valence-electron chi connectivity index (χ0n) is 10.9. The Balaban J connectivity index is 1.99. The number of carbonyl (C=O) groups excluding carboxylic acids is 1. The molecule has 2 rings (SSSR count). The number of benzene rings is 2. The van der Waals surface area contributed by atoms with E-state index in [0.717, 1.165) is 5.69 Å². The Morgan fingerprint density at radius 3 is 2.45 bits per heavy atom. The second-order valence-corrected chi connectivity index (χ2v) is 4.78. The van der Waals surface area contributed by atoms with Crippen molar-refractivity contribution in [2.75, 3.05) is 10.6 Å². The molecule has 0 aliphatic heterocycles. The second-order valence-electron chi connectivity index (χ2n) is 4.34. The molecule has 0 aliphatic carbocycles. The fraction of sp³-hybridized carbons (Fsp3) is 0.133.